The summed E-state index contributed by atoms with van der Waals surface area (Å²) in [5.41, 5.74) is 1.83. The molecule has 0 spiro atoms. The van der Waals surface area contributed by atoms with Gasteiger partial charge < -0.3 is 15.0 Å². The molecule has 1 aliphatic rings. The zero-order valence-electron chi connectivity index (χ0n) is 12.3. The van der Waals surface area contributed by atoms with Crippen molar-refractivity contribution < 1.29 is 9.53 Å². The smallest absolute Gasteiger partial charge is 0.272 e. The highest BCUT2D eigenvalue weighted by Gasteiger charge is 2.19. The fourth-order valence-corrected chi connectivity index (χ4v) is 2.63. The van der Waals surface area contributed by atoms with Gasteiger partial charge in [0.1, 0.15) is 5.69 Å². The number of halogens is 2. The Morgan fingerprint density at radius 2 is 1.96 bits per heavy atom. The average molecular weight is 352 g/mol. The van der Waals surface area contributed by atoms with E-state index in [2.05, 4.69) is 10.3 Å². The lowest BCUT2D eigenvalue weighted by Gasteiger charge is -2.26. The predicted molar refractivity (Wildman–Crippen MR) is 90.7 cm³/mol. The number of benzene rings is 1. The molecule has 1 N–H and O–H groups in total. The topological polar surface area (TPSA) is 54.5 Å². The number of carbonyl (C=O) groups is 1. The Morgan fingerprint density at radius 1 is 1.17 bits per heavy atom. The maximum atomic E-state index is 12.3. The second-order valence-electron chi connectivity index (χ2n) is 5.06. The monoisotopic (exact) mass is 351 g/mol. The second kappa shape index (κ2) is 7.17. The van der Waals surface area contributed by atoms with Crippen LogP contribution < -0.4 is 5.32 Å². The molecule has 2 aromatic rings. The lowest BCUT2D eigenvalue weighted by atomic mass is 10.2. The minimum Gasteiger partial charge on any atom is -0.378 e. The highest BCUT2D eigenvalue weighted by molar-refractivity contribution is 6.43. The SMILES string of the molecule is O=C(c1ccc(Nc2cccc(Cl)c2Cl)cn1)N1CCOCC1. The van der Waals surface area contributed by atoms with Crippen LogP contribution in [0.15, 0.2) is 36.5 Å². The lowest BCUT2D eigenvalue weighted by Crippen LogP contribution is -2.41. The molecule has 0 bridgehead atoms. The third-order valence-corrected chi connectivity index (χ3v) is 4.33. The van der Waals surface area contributed by atoms with Gasteiger partial charge >= 0.3 is 0 Å². The quantitative estimate of drug-likeness (QED) is 0.917. The van der Waals surface area contributed by atoms with Gasteiger partial charge in [-0.15, -0.1) is 0 Å². The number of aromatic nitrogens is 1. The number of morpholine rings is 1. The average Bonchev–Trinajstić information content (AvgIpc) is 2.60. The number of nitrogens with one attached hydrogen (secondary N) is 1. The Bertz CT molecular complexity index is 701. The lowest BCUT2D eigenvalue weighted by molar-refractivity contribution is 0.0299. The van der Waals surface area contributed by atoms with Crippen LogP contribution in [0.4, 0.5) is 11.4 Å². The van der Waals surface area contributed by atoms with E-state index in [1.165, 1.54) is 0 Å². The molecule has 1 fully saturated rings. The van der Waals surface area contributed by atoms with E-state index in [0.717, 1.165) is 5.69 Å². The first kappa shape index (κ1) is 16.1. The van der Waals surface area contributed by atoms with Gasteiger partial charge in [-0.1, -0.05) is 29.3 Å². The maximum absolute atomic E-state index is 12.3. The number of ether oxygens (including phenoxy) is 1. The summed E-state index contributed by atoms with van der Waals surface area (Å²) in [6.45, 7) is 2.33. The maximum Gasteiger partial charge on any atom is 0.272 e. The van der Waals surface area contributed by atoms with Crippen LogP contribution in [-0.2, 0) is 4.74 Å². The van der Waals surface area contributed by atoms with E-state index in [-0.39, 0.29) is 5.91 Å². The molecule has 0 atom stereocenters. The standard InChI is InChI=1S/C16H15Cl2N3O2/c17-12-2-1-3-13(15(12)18)20-11-4-5-14(19-10-11)16(22)21-6-8-23-9-7-21/h1-5,10,20H,6-9H2. The van der Waals surface area contributed by atoms with E-state index in [1.807, 2.05) is 6.07 Å². The van der Waals surface area contributed by atoms with Crippen LogP contribution in [0.2, 0.25) is 10.0 Å². The number of nitrogens with zero attached hydrogens (tertiary/aromatic N) is 2. The van der Waals surface area contributed by atoms with Crippen molar-refractivity contribution >= 4 is 40.5 Å². The number of rotatable bonds is 3. The third kappa shape index (κ3) is 3.75. The Morgan fingerprint density at radius 3 is 2.65 bits per heavy atom. The van der Waals surface area contributed by atoms with Crippen LogP contribution in [0.25, 0.3) is 0 Å². The van der Waals surface area contributed by atoms with E-state index in [4.69, 9.17) is 27.9 Å². The zero-order chi connectivity index (χ0) is 16.2. The summed E-state index contributed by atoms with van der Waals surface area (Å²) in [7, 11) is 0. The number of hydrogen-bond acceptors (Lipinski definition) is 4. The summed E-state index contributed by atoms with van der Waals surface area (Å²) >= 11 is 12.1. The van der Waals surface area contributed by atoms with Crippen molar-refractivity contribution in [1.82, 2.24) is 9.88 Å². The van der Waals surface area contributed by atoms with Crippen molar-refractivity contribution in [1.29, 1.82) is 0 Å². The zero-order valence-corrected chi connectivity index (χ0v) is 13.8. The number of pyridine rings is 1. The van der Waals surface area contributed by atoms with Gasteiger partial charge in [0.15, 0.2) is 0 Å². The van der Waals surface area contributed by atoms with Gasteiger partial charge in [-0.2, -0.15) is 0 Å². The summed E-state index contributed by atoms with van der Waals surface area (Å²) in [6.07, 6.45) is 1.60. The predicted octanol–water partition coefficient (Wildman–Crippen LogP) is 3.60. The number of amides is 1. The van der Waals surface area contributed by atoms with Crippen molar-refractivity contribution in [3.63, 3.8) is 0 Å². The van der Waals surface area contributed by atoms with Gasteiger partial charge in [-0.3, -0.25) is 4.79 Å². The highest BCUT2D eigenvalue weighted by Crippen LogP contribution is 2.31. The molecule has 0 aliphatic carbocycles. The van der Waals surface area contributed by atoms with Gasteiger partial charge in [0.25, 0.3) is 5.91 Å². The number of carbonyl (C=O) groups excluding carboxylic acids is 1. The van der Waals surface area contributed by atoms with Crippen molar-refractivity contribution in [2.45, 2.75) is 0 Å². The van der Waals surface area contributed by atoms with Crippen LogP contribution in [-0.4, -0.2) is 42.1 Å². The minimum absolute atomic E-state index is 0.0827. The molecule has 120 valence electrons. The summed E-state index contributed by atoms with van der Waals surface area (Å²) in [6, 6.07) is 8.83. The van der Waals surface area contributed by atoms with E-state index in [9.17, 15) is 4.79 Å². The summed E-state index contributed by atoms with van der Waals surface area (Å²) in [4.78, 5) is 18.3. The van der Waals surface area contributed by atoms with E-state index >= 15 is 0 Å². The van der Waals surface area contributed by atoms with Gasteiger partial charge in [0, 0.05) is 13.1 Å². The van der Waals surface area contributed by atoms with Gasteiger partial charge in [-0.25, -0.2) is 4.98 Å². The first-order valence-electron chi connectivity index (χ1n) is 7.19. The molecule has 1 aromatic carbocycles. The van der Waals surface area contributed by atoms with Crippen LogP contribution in [0, 0.1) is 0 Å². The Kier molecular flexibility index (Phi) is 5.00. The summed E-state index contributed by atoms with van der Waals surface area (Å²) in [5.74, 6) is -0.0827. The van der Waals surface area contributed by atoms with Crippen LogP contribution in [0.3, 0.4) is 0 Å². The molecule has 1 aromatic heterocycles. The second-order valence-corrected chi connectivity index (χ2v) is 5.85. The molecular weight excluding hydrogens is 337 g/mol. The molecule has 3 rings (SSSR count). The molecule has 7 heteroatoms. The number of hydrogen-bond donors (Lipinski definition) is 1. The van der Waals surface area contributed by atoms with E-state index in [1.54, 1.807) is 35.4 Å². The largest absolute Gasteiger partial charge is 0.378 e. The Labute approximate surface area is 144 Å². The molecule has 2 heterocycles. The first-order chi connectivity index (χ1) is 11.1. The highest BCUT2D eigenvalue weighted by atomic mass is 35.5. The molecule has 23 heavy (non-hydrogen) atoms. The summed E-state index contributed by atoms with van der Waals surface area (Å²) in [5, 5.41) is 4.06. The fourth-order valence-electron chi connectivity index (χ4n) is 2.28. The van der Waals surface area contributed by atoms with Crippen molar-refractivity contribution in [3.05, 3.63) is 52.3 Å². The minimum atomic E-state index is -0.0827. The van der Waals surface area contributed by atoms with Crippen molar-refractivity contribution in [2.24, 2.45) is 0 Å². The van der Waals surface area contributed by atoms with E-state index in [0.29, 0.717) is 47.7 Å². The molecule has 0 radical (unpaired) electrons. The summed E-state index contributed by atoms with van der Waals surface area (Å²) < 4.78 is 5.24. The van der Waals surface area contributed by atoms with Crippen LogP contribution in [0.5, 0.6) is 0 Å². The van der Waals surface area contributed by atoms with Gasteiger partial charge in [-0.05, 0) is 24.3 Å². The van der Waals surface area contributed by atoms with Crippen molar-refractivity contribution in [2.75, 3.05) is 31.6 Å². The van der Waals surface area contributed by atoms with Gasteiger partial charge in [0.2, 0.25) is 0 Å². The van der Waals surface area contributed by atoms with Gasteiger partial charge in [0.05, 0.1) is 40.8 Å². The Hall–Kier alpha value is -1.82. The molecule has 1 saturated heterocycles. The van der Waals surface area contributed by atoms with Crippen LogP contribution in [0.1, 0.15) is 10.5 Å². The normalized spacial score (nSPS) is 14.6. The van der Waals surface area contributed by atoms with Crippen molar-refractivity contribution in [3.8, 4) is 0 Å². The molecular formula is C16H15Cl2N3O2. The molecule has 0 unspecified atom stereocenters. The van der Waals surface area contributed by atoms with E-state index < -0.39 is 0 Å². The number of anilines is 2. The fraction of sp³-hybridized carbons (Fsp3) is 0.250. The third-order valence-electron chi connectivity index (χ3n) is 3.51. The molecule has 1 aliphatic heterocycles. The van der Waals surface area contributed by atoms with Crippen LogP contribution >= 0.6 is 23.2 Å². The first-order valence-corrected chi connectivity index (χ1v) is 7.95. The Balaban J connectivity index is 1.71. The molecule has 1 amide bonds. The molecule has 0 saturated carbocycles. The molecule has 5 nitrogen and oxygen atoms in total.